The van der Waals surface area contributed by atoms with Gasteiger partial charge in [0.05, 0.1) is 10.7 Å². The quantitative estimate of drug-likeness (QED) is 0.817. The zero-order chi connectivity index (χ0) is 19.6. The molecule has 1 saturated heterocycles. The molecular weight excluding hydrogens is 372 g/mol. The third-order valence-corrected chi connectivity index (χ3v) is 5.51. The summed E-state index contributed by atoms with van der Waals surface area (Å²) in [7, 11) is 1.84. The molecule has 0 unspecified atom stereocenters. The van der Waals surface area contributed by atoms with Crippen LogP contribution in [0.15, 0.2) is 23.6 Å². The van der Waals surface area contributed by atoms with Crippen molar-refractivity contribution in [1.82, 2.24) is 14.8 Å². The molecule has 0 radical (unpaired) electrons. The maximum absolute atomic E-state index is 13.4. The monoisotopic (exact) mass is 395 g/mol. The van der Waals surface area contributed by atoms with E-state index >= 15 is 0 Å². The SMILES string of the molecule is Cc1nc(CN(C)C[C@@]2(O)CCCN(Cc3ccc(F)c(F)c3)C2=O)cs1. The molecule has 1 N–H and O–H groups in total. The van der Waals surface area contributed by atoms with E-state index in [1.807, 2.05) is 24.3 Å². The van der Waals surface area contributed by atoms with Gasteiger partial charge < -0.3 is 10.0 Å². The number of aliphatic hydroxyl groups is 1. The fraction of sp³-hybridized carbons (Fsp3) is 0.474. The average molecular weight is 395 g/mol. The summed E-state index contributed by atoms with van der Waals surface area (Å²) >= 11 is 1.56. The Hall–Kier alpha value is -1.90. The summed E-state index contributed by atoms with van der Waals surface area (Å²) in [5.41, 5.74) is -0.0836. The Morgan fingerprint density at radius 1 is 1.37 bits per heavy atom. The second-order valence-electron chi connectivity index (χ2n) is 7.14. The Kier molecular flexibility index (Phi) is 5.88. The van der Waals surface area contributed by atoms with Crippen molar-refractivity contribution in [1.29, 1.82) is 0 Å². The Morgan fingerprint density at radius 3 is 2.81 bits per heavy atom. The molecule has 1 amide bonds. The molecule has 1 aromatic carbocycles. The first-order chi connectivity index (χ1) is 12.8. The third kappa shape index (κ3) is 4.69. The van der Waals surface area contributed by atoms with Crippen molar-refractivity contribution in [2.45, 2.75) is 38.5 Å². The van der Waals surface area contributed by atoms with E-state index in [9.17, 15) is 18.7 Å². The van der Waals surface area contributed by atoms with Gasteiger partial charge in [0.1, 0.15) is 0 Å². The smallest absolute Gasteiger partial charge is 0.256 e. The van der Waals surface area contributed by atoms with Crippen molar-refractivity contribution in [2.24, 2.45) is 0 Å². The van der Waals surface area contributed by atoms with Gasteiger partial charge in [-0.05, 0) is 44.5 Å². The van der Waals surface area contributed by atoms with Gasteiger partial charge >= 0.3 is 0 Å². The number of thiazole rings is 1. The molecule has 2 heterocycles. The molecule has 1 atom stereocenters. The van der Waals surface area contributed by atoms with Gasteiger partial charge in [-0.2, -0.15) is 0 Å². The van der Waals surface area contributed by atoms with Crippen molar-refractivity contribution < 1.29 is 18.7 Å². The van der Waals surface area contributed by atoms with Crippen LogP contribution in [0.25, 0.3) is 0 Å². The summed E-state index contributed by atoms with van der Waals surface area (Å²) in [4.78, 5) is 20.7. The molecule has 1 aromatic heterocycles. The fourth-order valence-electron chi connectivity index (χ4n) is 3.48. The molecular formula is C19H23F2N3O2S. The normalized spacial score (nSPS) is 20.5. The van der Waals surface area contributed by atoms with E-state index in [1.54, 1.807) is 11.3 Å². The van der Waals surface area contributed by atoms with Gasteiger partial charge in [0.25, 0.3) is 5.91 Å². The van der Waals surface area contributed by atoms with Crippen LogP contribution in [0.3, 0.4) is 0 Å². The van der Waals surface area contributed by atoms with Gasteiger partial charge in [0.2, 0.25) is 0 Å². The van der Waals surface area contributed by atoms with E-state index in [0.29, 0.717) is 31.5 Å². The second-order valence-corrected chi connectivity index (χ2v) is 8.20. The maximum atomic E-state index is 13.4. The minimum Gasteiger partial charge on any atom is -0.379 e. The number of likely N-dealkylation sites (N-methyl/N-ethyl adjacent to an activating group) is 1. The van der Waals surface area contributed by atoms with Crippen molar-refractivity contribution in [3.63, 3.8) is 0 Å². The molecule has 1 aliphatic rings. The molecule has 1 fully saturated rings. The fourth-order valence-corrected chi connectivity index (χ4v) is 4.08. The van der Waals surface area contributed by atoms with Crippen molar-refractivity contribution in [2.75, 3.05) is 20.1 Å². The van der Waals surface area contributed by atoms with Gasteiger partial charge in [0, 0.05) is 31.6 Å². The average Bonchev–Trinajstić information content (AvgIpc) is 3.00. The number of carbonyl (C=O) groups is 1. The van der Waals surface area contributed by atoms with Gasteiger partial charge in [-0.25, -0.2) is 13.8 Å². The van der Waals surface area contributed by atoms with E-state index in [0.717, 1.165) is 22.8 Å². The molecule has 3 rings (SSSR count). The Bertz CT molecular complexity index is 829. The molecule has 8 heteroatoms. The maximum Gasteiger partial charge on any atom is 0.256 e. The Morgan fingerprint density at radius 2 is 2.15 bits per heavy atom. The summed E-state index contributed by atoms with van der Waals surface area (Å²) in [6.07, 6.45) is 1.02. The summed E-state index contributed by atoms with van der Waals surface area (Å²) in [5, 5.41) is 13.9. The molecule has 5 nitrogen and oxygen atoms in total. The van der Waals surface area contributed by atoms with Crippen LogP contribution in [0.1, 0.15) is 29.1 Å². The molecule has 27 heavy (non-hydrogen) atoms. The Labute approximate surface area is 161 Å². The minimum atomic E-state index is -1.49. The number of hydrogen-bond acceptors (Lipinski definition) is 5. The lowest BCUT2D eigenvalue weighted by Crippen LogP contribution is -2.57. The number of piperidine rings is 1. The number of halogens is 2. The molecule has 2 aromatic rings. The standard InChI is InChI=1S/C19H23F2N3O2S/c1-13-22-15(11-27-13)10-23(2)12-19(26)6-3-7-24(18(19)25)9-14-4-5-16(20)17(21)8-14/h4-5,8,11,26H,3,6-7,9-10,12H2,1-2H3/t19-/m0/s1. The van der Waals surface area contributed by atoms with Gasteiger partial charge in [-0.1, -0.05) is 6.07 Å². The van der Waals surface area contributed by atoms with Crippen LogP contribution in [-0.4, -0.2) is 51.5 Å². The number of hydrogen-bond donors (Lipinski definition) is 1. The number of rotatable bonds is 6. The minimum absolute atomic E-state index is 0.146. The van der Waals surface area contributed by atoms with Crippen molar-refractivity contribution in [3.05, 3.63) is 51.5 Å². The first-order valence-corrected chi connectivity index (χ1v) is 9.70. The van der Waals surface area contributed by atoms with Crippen LogP contribution in [0.2, 0.25) is 0 Å². The number of nitrogens with zero attached hydrogens (tertiary/aromatic N) is 3. The molecule has 0 bridgehead atoms. The summed E-state index contributed by atoms with van der Waals surface area (Å²) < 4.78 is 26.5. The predicted octanol–water partition coefficient (Wildman–Crippen LogP) is 2.72. The van der Waals surface area contributed by atoms with E-state index in [1.165, 1.54) is 11.0 Å². The van der Waals surface area contributed by atoms with Crippen LogP contribution in [-0.2, 0) is 17.9 Å². The molecule has 1 aliphatic heterocycles. The third-order valence-electron chi connectivity index (χ3n) is 4.69. The van der Waals surface area contributed by atoms with E-state index in [4.69, 9.17) is 0 Å². The molecule has 146 valence electrons. The van der Waals surface area contributed by atoms with E-state index in [-0.39, 0.29) is 19.0 Å². The van der Waals surface area contributed by atoms with Gasteiger partial charge in [0.15, 0.2) is 17.2 Å². The zero-order valence-electron chi connectivity index (χ0n) is 15.4. The lowest BCUT2D eigenvalue weighted by atomic mass is 9.90. The van der Waals surface area contributed by atoms with Crippen LogP contribution >= 0.6 is 11.3 Å². The van der Waals surface area contributed by atoms with Crippen LogP contribution < -0.4 is 0 Å². The topological polar surface area (TPSA) is 56.7 Å². The number of aryl methyl sites for hydroxylation is 1. The Balaban J connectivity index is 1.66. The van der Waals surface area contributed by atoms with Crippen LogP contribution in [0.4, 0.5) is 8.78 Å². The zero-order valence-corrected chi connectivity index (χ0v) is 16.2. The number of carbonyl (C=O) groups excluding carboxylic acids is 1. The first-order valence-electron chi connectivity index (χ1n) is 8.82. The van der Waals surface area contributed by atoms with Crippen LogP contribution in [0, 0.1) is 18.6 Å². The summed E-state index contributed by atoms with van der Waals surface area (Å²) in [5.74, 6) is -2.23. The van der Waals surface area contributed by atoms with E-state index < -0.39 is 17.2 Å². The highest BCUT2D eigenvalue weighted by molar-refractivity contribution is 7.09. The van der Waals surface area contributed by atoms with Gasteiger partial charge in [-0.15, -0.1) is 11.3 Å². The highest BCUT2D eigenvalue weighted by Gasteiger charge is 2.42. The van der Waals surface area contributed by atoms with Crippen molar-refractivity contribution >= 4 is 17.2 Å². The summed E-state index contributed by atoms with van der Waals surface area (Å²) in [6, 6.07) is 3.60. The first kappa shape index (κ1) is 19.9. The van der Waals surface area contributed by atoms with Crippen molar-refractivity contribution in [3.8, 4) is 0 Å². The largest absolute Gasteiger partial charge is 0.379 e. The lowest BCUT2D eigenvalue weighted by molar-refractivity contribution is -0.160. The lowest BCUT2D eigenvalue weighted by Gasteiger charge is -2.40. The van der Waals surface area contributed by atoms with Crippen LogP contribution in [0.5, 0.6) is 0 Å². The number of aromatic nitrogens is 1. The molecule has 0 saturated carbocycles. The number of amides is 1. The number of likely N-dealkylation sites (tertiary alicyclic amines) is 1. The highest BCUT2D eigenvalue weighted by atomic mass is 32.1. The highest BCUT2D eigenvalue weighted by Crippen LogP contribution is 2.26. The van der Waals surface area contributed by atoms with E-state index in [2.05, 4.69) is 4.98 Å². The summed E-state index contributed by atoms with van der Waals surface area (Å²) in [6.45, 7) is 3.30. The van der Waals surface area contributed by atoms with Gasteiger partial charge in [-0.3, -0.25) is 9.69 Å². The second kappa shape index (κ2) is 8.00. The number of benzene rings is 1. The molecule has 0 spiro atoms. The molecule has 0 aliphatic carbocycles. The predicted molar refractivity (Wildman–Crippen MR) is 99.1 cm³/mol.